The molecule has 2 aliphatic heterocycles. The average Bonchev–Trinajstić information content (AvgIpc) is 1.57. The Balaban J connectivity index is 0.499. The van der Waals surface area contributed by atoms with Crippen molar-refractivity contribution in [1.29, 1.82) is 0 Å². The van der Waals surface area contributed by atoms with Crippen molar-refractivity contribution in [2.24, 2.45) is 9.98 Å². The van der Waals surface area contributed by atoms with Gasteiger partial charge < -0.3 is 14.5 Å². The molecule has 0 saturated carbocycles. The maximum absolute atomic E-state index is 5.35. The van der Waals surface area contributed by atoms with Gasteiger partial charge in [-0.3, -0.25) is 10.6 Å². The molecule has 4 unspecified atom stereocenters. The molecule has 5 aromatic heterocycles. The summed E-state index contributed by atoms with van der Waals surface area (Å²) in [5, 5.41) is 24.4. The Morgan fingerprint density at radius 3 is 1.48 bits per heavy atom. The fraction of sp³-hybridized carbons (Fsp3) is 0.0577. The van der Waals surface area contributed by atoms with Crippen molar-refractivity contribution in [1.82, 2.24) is 25.1 Å². The van der Waals surface area contributed by atoms with Gasteiger partial charge in [0.15, 0.2) is 5.84 Å². The Labute approximate surface area is 669 Å². The van der Waals surface area contributed by atoms with E-state index in [-0.39, 0.29) is 24.4 Å². The maximum Gasteiger partial charge on any atom is 0.159 e. The van der Waals surface area contributed by atoms with Crippen molar-refractivity contribution in [3.05, 3.63) is 396 Å². The van der Waals surface area contributed by atoms with E-state index in [1.165, 1.54) is 177 Å². The van der Waals surface area contributed by atoms with Gasteiger partial charge in [-0.15, -0.1) is 34.0 Å². The zero-order valence-electron chi connectivity index (χ0n) is 61.7. The fourth-order valence-corrected chi connectivity index (χ4v) is 22.1. The number of para-hydroxylation sites is 3. The predicted molar refractivity (Wildman–Crippen MR) is 482 cm³/mol. The molecule has 0 spiro atoms. The molecule has 538 valence electrons. The van der Waals surface area contributed by atoms with E-state index in [1.54, 1.807) is 0 Å². The Bertz CT molecular complexity index is 7510. The highest BCUT2D eigenvalue weighted by atomic mass is 32.1. The molecule has 0 amide bonds. The molecule has 1 saturated heterocycles. The average molecular weight is 1510 g/mol. The molecule has 1 aliphatic carbocycles. The first kappa shape index (κ1) is 65.5. The predicted octanol–water partition coefficient (Wildman–Crippen LogP) is 27.1. The molecule has 7 heterocycles. The van der Waals surface area contributed by atoms with Crippen LogP contribution in [-0.2, 0) is 6.42 Å². The maximum atomic E-state index is 5.35. The molecular formula is C104H69N7S3. The van der Waals surface area contributed by atoms with Crippen LogP contribution in [0.3, 0.4) is 0 Å². The van der Waals surface area contributed by atoms with Crippen LogP contribution in [0.5, 0.6) is 0 Å². The van der Waals surface area contributed by atoms with E-state index < -0.39 is 0 Å². The third-order valence-corrected chi connectivity index (χ3v) is 27.7. The second-order valence-electron chi connectivity index (χ2n) is 30.8. The number of amidine groups is 2. The van der Waals surface area contributed by atoms with Gasteiger partial charge in [-0.2, -0.15) is 0 Å². The minimum absolute atomic E-state index is 0.0320. The third kappa shape index (κ3) is 10.8. The molecule has 3 N–H and O–H groups in total. The number of thiophene rings is 3. The molecule has 10 heteroatoms. The highest BCUT2D eigenvalue weighted by Gasteiger charge is 2.32. The molecule has 0 radical (unpaired) electrons. The van der Waals surface area contributed by atoms with Crippen LogP contribution in [0.25, 0.3) is 160 Å². The summed E-state index contributed by atoms with van der Waals surface area (Å²) in [6, 6.07) is 131. The molecule has 16 aromatic carbocycles. The number of hydrogen-bond acceptors (Lipinski definition) is 8. The van der Waals surface area contributed by atoms with Crippen LogP contribution in [-0.4, -0.2) is 20.8 Å². The summed E-state index contributed by atoms with van der Waals surface area (Å²) in [4.78, 5) is 10.6. The second-order valence-corrected chi connectivity index (χ2v) is 34.0. The number of benzene rings is 16. The molecule has 21 aromatic rings. The Morgan fingerprint density at radius 2 is 0.789 bits per heavy atom. The van der Waals surface area contributed by atoms with Crippen LogP contribution >= 0.6 is 34.0 Å². The number of fused-ring (bicyclic) bond motifs is 18. The molecular weight excluding hydrogens is 1440 g/mol. The first-order valence-corrected chi connectivity index (χ1v) is 41.8. The zero-order chi connectivity index (χ0) is 74.6. The lowest BCUT2D eigenvalue weighted by atomic mass is 9.90. The van der Waals surface area contributed by atoms with Crippen LogP contribution in [0.1, 0.15) is 75.3 Å². The summed E-state index contributed by atoms with van der Waals surface area (Å²) in [6.07, 6.45) is 1.48. The van der Waals surface area contributed by atoms with E-state index in [0.717, 1.165) is 46.5 Å². The van der Waals surface area contributed by atoms with Gasteiger partial charge in [-0.05, 0) is 187 Å². The molecule has 114 heavy (non-hydrogen) atoms. The smallest absolute Gasteiger partial charge is 0.159 e. The molecule has 7 nitrogen and oxygen atoms in total. The molecule has 24 rings (SSSR count). The SMILES string of the molecule is c1ccc(C2=NC(c3ccc4sc5cc(-c6ccc7sc8cc(-n9c%10ccccc%10c%10ccccc%109)ccc8c7c6)ccc5c4c3)NC(c3ccc(-c4ccc5c(c4)c4ccccc4n5-c4cccc5c4Cc4ccc(-c6ccc7c(c6)sc6ccc(C8CC(c9ccccc9)NC(c9ccccc9)N8)cc67)cc4-5)cc3)=N2)cc1. The van der Waals surface area contributed by atoms with Crippen LogP contribution in [0, 0.1) is 0 Å². The van der Waals surface area contributed by atoms with Gasteiger partial charge >= 0.3 is 0 Å². The Kier molecular flexibility index (Phi) is 15.1. The summed E-state index contributed by atoms with van der Waals surface area (Å²) in [7, 11) is 0. The topological polar surface area (TPSA) is 70.7 Å². The summed E-state index contributed by atoms with van der Waals surface area (Å²) < 4.78 is 12.6. The van der Waals surface area contributed by atoms with E-state index in [2.05, 4.69) is 371 Å². The molecule has 3 aliphatic rings. The van der Waals surface area contributed by atoms with Crippen molar-refractivity contribution >= 4 is 150 Å². The lowest BCUT2D eigenvalue weighted by Crippen LogP contribution is -2.45. The lowest BCUT2D eigenvalue weighted by Gasteiger charge is -2.38. The normalized spacial score (nSPS) is 16.3. The number of aliphatic imine (C=N–C) groups is 2. The van der Waals surface area contributed by atoms with Crippen molar-refractivity contribution in [3.8, 4) is 55.9 Å². The second kappa shape index (κ2) is 26.2. The highest BCUT2D eigenvalue weighted by Crippen LogP contribution is 2.48. The van der Waals surface area contributed by atoms with Gasteiger partial charge in [0.2, 0.25) is 0 Å². The summed E-state index contributed by atoms with van der Waals surface area (Å²) >= 11 is 5.62. The zero-order valence-corrected chi connectivity index (χ0v) is 64.2. The standard InChI is InChI=1S/C104H69N7S3/c1-4-17-62(18-5-1)88-60-89(106-101(105-88)63-19-6-2-7-20-63)72-41-49-96-86(55-72)79-44-37-69(57-98(79)112-96)67-35-36-71-54-83-75(82(71)51-67)26-16-30-93(83)111-92-29-15-12-25-78(92)84-52-66(39-47-94(84)111)61-31-33-65(34-32-61)103-107-102(64-21-8-3-9-22-64)108-104(109-103)73-42-50-97-87(56-73)80-45-38-70(58-99(80)113-97)68-40-48-95-85(53-68)81-46-43-74(59-100(81)114-95)110-90-27-13-10-23-76(90)77-24-11-14-28-91(77)110/h1-53,55-59,88-89,101,104-106H,54,60H2,(H,107,108,109). The number of nitrogens with one attached hydrogen (secondary N) is 3. The summed E-state index contributed by atoms with van der Waals surface area (Å²) in [6.45, 7) is 0. The van der Waals surface area contributed by atoms with Crippen LogP contribution in [0.2, 0.25) is 0 Å². The quantitative estimate of drug-likeness (QED) is 0.121. The summed E-state index contributed by atoms with van der Waals surface area (Å²) in [5.41, 5.74) is 26.7. The largest absolute Gasteiger partial charge is 0.344 e. The van der Waals surface area contributed by atoms with E-state index in [4.69, 9.17) is 9.98 Å². The van der Waals surface area contributed by atoms with E-state index in [9.17, 15) is 0 Å². The van der Waals surface area contributed by atoms with E-state index >= 15 is 0 Å². The van der Waals surface area contributed by atoms with Gasteiger partial charge in [0, 0.05) is 117 Å². The molecule has 0 bridgehead atoms. The number of aromatic nitrogens is 2. The number of hydrogen-bond donors (Lipinski definition) is 3. The Hall–Kier alpha value is -13.2. The fourth-order valence-electron chi connectivity index (χ4n) is 18.7. The van der Waals surface area contributed by atoms with Crippen molar-refractivity contribution < 1.29 is 0 Å². The van der Waals surface area contributed by atoms with Crippen molar-refractivity contribution in [3.63, 3.8) is 0 Å². The number of nitrogens with zero attached hydrogens (tertiary/aromatic N) is 4. The first-order valence-electron chi connectivity index (χ1n) is 39.3. The van der Waals surface area contributed by atoms with E-state index in [1.807, 2.05) is 40.1 Å². The highest BCUT2D eigenvalue weighted by molar-refractivity contribution is 7.26. The van der Waals surface area contributed by atoms with Crippen LogP contribution in [0.4, 0.5) is 0 Å². The Morgan fingerprint density at radius 1 is 0.298 bits per heavy atom. The van der Waals surface area contributed by atoms with E-state index in [0.29, 0.717) is 5.84 Å². The van der Waals surface area contributed by atoms with Gasteiger partial charge in [-0.1, -0.05) is 249 Å². The van der Waals surface area contributed by atoms with Gasteiger partial charge in [0.05, 0.1) is 33.9 Å². The number of rotatable bonds is 11. The monoisotopic (exact) mass is 1510 g/mol. The van der Waals surface area contributed by atoms with Crippen LogP contribution < -0.4 is 16.0 Å². The van der Waals surface area contributed by atoms with Gasteiger partial charge in [-0.25, -0.2) is 9.98 Å². The van der Waals surface area contributed by atoms with Gasteiger partial charge in [0.1, 0.15) is 12.0 Å². The minimum Gasteiger partial charge on any atom is -0.344 e. The molecule has 4 atom stereocenters. The van der Waals surface area contributed by atoms with Gasteiger partial charge in [0.25, 0.3) is 0 Å². The lowest BCUT2D eigenvalue weighted by molar-refractivity contribution is 0.248. The molecule has 1 fully saturated rings. The summed E-state index contributed by atoms with van der Waals surface area (Å²) in [5.74, 6) is 1.49. The van der Waals surface area contributed by atoms with Crippen molar-refractivity contribution in [2.45, 2.75) is 37.3 Å². The third-order valence-electron chi connectivity index (χ3n) is 24.3. The van der Waals surface area contributed by atoms with Crippen molar-refractivity contribution in [2.75, 3.05) is 0 Å². The van der Waals surface area contributed by atoms with Crippen LogP contribution in [0.15, 0.2) is 362 Å². The minimum atomic E-state index is -0.370. The first-order chi connectivity index (χ1) is 56.4.